The van der Waals surface area contributed by atoms with Gasteiger partial charge in [-0.15, -0.1) is 0 Å². The van der Waals surface area contributed by atoms with Crippen molar-refractivity contribution in [2.45, 2.75) is 38.6 Å². The Morgan fingerprint density at radius 2 is 2.04 bits per heavy atom. The molecule has 25 heavy (non-hydrogen) atoms. The van der Waals surface area contributed by atoms with E-state index in [0.717, 1.165) is 43.5 Å². The lowest BCUT2D eigenvalue weighted by Gasteiger charge is -2.32. The van der Waals surface area contributed by atoms with Crippen molar-refractivity contribution in [2.24, 2.45) is 5.92 Å². The molecule has 0 spiro atoms. The molecular weight excluding hydrogens is 318 g/mol. The second kappa shape index (κ2) is 7.68. The predicted octanol–water partition coefficient (Wildman–Crippen LogP) is 1.42. The van der Waals surface area contributed by atoms with Gasteiger partial charge in [0.15, 0.2) is 0 Å². The van der Waals surface area contributed by atoms with Crippen molar-refractivity contribution >= 4 is 23.8 Å². The van der Waals surface area contributed by atoms with Gasteiger partial charge in [0, 0.05) is 49.3 Å². The number of rotatable bonds is 4. The van der Waals surface area contributed by atoms with E-state index in [1.165, 1.54) is 0 Å². The molecule has 6 nitrogen and oxygen atoms in total. The molecular formula is C19H25N3O3. The smallest absolute Gasteiger partial charge is 0.251 e. The summed E-state index contributed by atoms with van der Waals surface area (Å²) < 4.78 is 0. The van der Waals surface area contributed by atoms with E-state index < -0.39 is 0 Å². The van der Waals surface area contributed by atoms with Crippen LogP contribution in [0.3, 0.4) is 0 Å². The Morgan fingerprint density at radius 1 is 1.28 bits per heavy atom. The lowest BCUT2D eigenvalue weighted by molar-refractivity contribution is -0.122. The summed E-state index contributed by atoms with van der Waals surface area (Å²) in [6, 6.07) is 5.88. The molecule has 2 heterocycles. The van der Waals surface area contributed by atoms with E-state index in [9.17, 15) is 14.4 Å². The number of hydrogen-bond acceptors (Lipinski definition) is 4. The minimum absolute atomic E-state index is 0.00774. The number of benzene rings is 1. The number of aryl methyl sites for hydroxylation is 1. The van der Waals surface area contributed by atoms with Crippen LogP contribution in [0.15, 0.2) is 18.2 Å². The Bertz CT molecular complexity index is 656. The molecule has 0 aliphatic carbocycles. The summed E-state index contributed by atoms with van der Waals surface area (Å²) >= 11 is 0. The second-order valence-corrected chi connectivity index (χ2v) is 6.97. The van der Waals surface area contributed by atoms with Crippen molar-refractivity contribution < 1.29 is 14.4 Å². The number of carbonyl (C=O) groups is 3. The highest BCUT2D eigenvalue weighted by Crippen LogP contribution is 2.24. The summed E-state index contributed by atoms with van der Waals surface area (Å²) in [5.74, 6) is 0.132. The number of hydrogen-bond donors (Lipinski definition) is 2. The minimum atomic E-state index is -0.0927. The maximum atomic E-state index is 12.5. The molecule has 2 saturated heterocycles. The van der Waals surface area contributed by atoms with Gasteiger partial charge in [0.25, 0.3) is 5.91 Å². The Balaban J connectivity index is 1.62. The molecule has 2 aliphatic rings. The van der Waals surface area contributed by atoms with Gasteiger partial charge < -0.3 is 20.3 Å². The zero-order valence-electron chi connectivity index (χ0n) is 14.6. The maximum absolute atomic E-state index is 12.5. The molecule has 0 saturated carbocycles. The van der Waals surface area contributed by atoms with Gasteiger partial charge in [-0.1, -0.05) is 0 Å². The average molecular weight is 343 g/mol. The number of aldehydes is 1. The highest BCUT2D eigenvalue weighted by atomic mass is 16.2. The first-order chi connectivity index (χ1) is 12.1. The van der Waals surface area contributed by atoms with E-state index in [1.54, 1.807) is 0 Å². The van der Waals surface area contributed by atoms with Gasteiger partial charge in [-0.25, -0.2) is 0 Å². The summed E-state index contributed by atoms with van der Waals surface area (Å²) in [6.45, 7) is 4.18. The minimum Gasteiger partial charge on any atom is -0.371 e. The molecule has 2 fully saturated rings. The van der Waals surface area contributed by atoms with Crippen molar-refractivity contribution in [3.05, 3.63) is 29.3 Å². The molecule has 2 N–H and O–H groups in total. The molecule has 0 radical (unpaired) electrons. The van der Waals surface area contributed by atoms with Crippen molar-refractivity contribution in [3.8, 4) is 0 Å². The summed E-state index contributed by atoms with van der Waals surface area (Å²) in [7, 11) is 0. The van der Waals surface area contributed by atoms with Gasteiger partial charge >= 0.3 is 0 Å². The molecule has 2 amide bonds. The lowest BCUT2D eigenvalue weighted by atomic mass is 9.97. The van der Waals surface area contributed by atoms with E-state index in [0.29, 0.717) is 24.9 Å². The molecule has 134 valence electrons. The fourth-order valence-corrected chi connectivity index (χ4v) is 3.51. The Kier molecular flexibility index (Phi) is 5.36. The standard InChI is InChI=1S/C19H25N3O3/c1-13-10-16(22-8-6-14(12-23)7-9-22)3-4-17(13)19(25)21-15-2-5-18(24)20-11-15/h3-4,10,12,14-15H,2,5-9,11H2,1H3,(H,20,24)(H,21,25). The van der Waals surface area contributed by atoms with Gasteiger partial charge in [-0.3, -0.25) is 9.59 Å². The van der Waals surface area contributed by atoms with Crippen LogP contribution in [0.25, 0.3) is 0 Å². The second-order valence-electron chi connectivity index (χ2n) is 6.97. The topological polar surface area (TPSA) is 78.5 Å². The van der Waals surface area contributed by atoms with E-state index in [-0.39, 0.29) is 23.8 Å². The molecule has 1 aromatic carbocycles. The number of amides is 2. The van der Waals surface area contributed by atoms with Gasteiger partial charge in [-0.05, 0) is 49.9 Å². The van der Waals surface area contributed by atoms with Crippen LogP contribution in [0.2, 0.25) is 0 Å². The zero-order chi connectivity index (χ0) is 17.8. The maximum Gasteiger partial charge on any atom is 0.251 e. The van der Waals surface area contributed by atoms with E-state index in [2.05, 4.69) is 15.5 Å². The highest BCUT2D eigenvalue weighted by molar-refractivity contribution is 5.96. The average Bonchev–Trinajstić information content (AvgIpc) is 2.63. The number of anilines is 1. The van der Waals surface area contributed by atoms with Gasteiger partial charge in [0.1, 0.15) is 6.29 Å². The Hall–Kier alpha value is -2.37. The largest absolute Gasteiger partial charge is 0.371 e. The van der Waals surface area contributed by atoms with Gasteiger partial charge in [0.2, 0.25) is 5.91 Å². The molecule has 1 aromatic rings. The van der Waals surface area contributed by atoms with E-state index in [1.807, 2.05) is 25.1 Å². The molecule has 6 heteroatoms. The fourth-order valence-electron chi connectivity index (χ4n) is 3.51. The van der Waals surface area contributed by atoms with Crippen molar-refractivity contribution in [1.29, 1.82) is 0 Å². The lowest BCUT2D eigenvalue weighted by Crippen LogP contribution is -2.47. The summed E-state index contributed by atoms with van der Waals surface area (Å²) in [5, 5.41) is 5.78. The molecule has 0 aromatic heterocycles. The molecule has 3 rings (SSSR count). The third-order valence-corrected chi connectivity index (χ3v) is 5.15. The fraction of sp³-hybridized carbons (Fsp3) is 0.526. The first kappa shape index (κ1) is 17.5. The summed E-state index contributed by atoms with van der Waals surface area (Å²) in [6.07, 6.45) is 3.97. The highest BCUT2D eigenvalue weighted by Gasteiger charge is 2.22. The molecule has 1 atom stereocenters. The monoisotopic (exact) mass is 343 g/mol. The van der Waals surface area contributed by atoms with Crippen LogP contribution < -0.4 is 15.5 Å². The SMILES string of the molecule is Cc1cc(N2CCC(C=O)CC2)ccc1C(=O)NC1CCC(=O)NC1. The Labute approximate surface area is 148 Å². The third-order valence-electron chi connectivity index (χ3n) is 5.15. The Morgan fingerprint density at radius 3 is 2.64 bits per heavy atom. The third kappa shape index (κ3) is 4.18. The summed E-state index contributed by atoms with van der Waals surface area (Å²) in [4.78, 5) is 36.8. The van der Waals surface area contributed by atoms with Crippen molar-refractivity contribution in [1.82, 2.24) is 10.6 Å². The van der Waals surface area contributed by atoms with Crippen molar-refractivity contribution in [2.75, 3.05) is 24.5 Å². The molecule has 1 unspecified atom stereocenters. The van der Waals surface area contributed by atoms with Crippen LogP contribution in [0.4, 0.5) is 5.69 Å². The quantitative estimate of drug-likeness (QED) is 0.811. The van der Waals surface area contributed by atoms with Crippen LogP contribution in [-0.4, -0.2) is 43.8 Å². The first-order valence-corrected chi connectivity index (χ1v) is 8.95. The van der Waals surface area contributed by atoms with E-state index >= 15 is 0 Å². The van der Waals surface area contributed by atoms with E-state index in [4.69, 9.17) is 0 Å². The zero-order valence-corrected chi connectivity index (χ0v) is 14.6. The first-order valence-electron chi connectivity index (χ1n) is 8.95. The molecule has 0 bridgehead atoms. The van der Waals surface area contributed by atoms with Gasteiger partial charge in [-0.2, -0.15) is 0 Å². The number of piperidine rings is 2. The predicted molar refractivity (Wildman–Crippen MR) is 95.7 cm³/mol. The van der Waals surface area contributed by atoms with Crippen LogP contribution in [0.5, 0.6) is 0 Å². The van der Waals surface area contributed by atoms with Crippen LogP contribution in [0.1, 0.15) is 41.6 Å². The van der Waals surface area contributed by atoms with Crippen LogP contribution in [-0.2, 0) is 9.59 Å². The number of nitrogens with zero attached hydrogens (tertiary/aromatic N) is 1. The van der Waals surface area contributed by atoms with Crippen molar-refractivity contribution in [3.63, 3.8) is 0 Å². The van der Waals surface area contributed by atoms with Crippen LogP contribution >= 0.6 is 0 Å². The summed E-state index contributed by atoms with van der Waals surface area (Å²) in [5.41, 5.74) is 2.71. The normalized spacial score (nSPS) is 21.6. The van der Waals surface area contributed by atoms with Crippen LogP contribution in [0, 0.1) is 12.8 Å². The number of nitrogens with one attached hydrogen (secondary N) is 2. The molecule has 2 aliphatic heterocycles. The number of carbonyl (C=O) groups excluding carboxylic acids is 3. The van der Waals surface area contributed by atoms with Gasteiger partial charge in [0.05, 0.1) is 0 Å².